The lowest BCUT2D eigenvalue weighted by Gasteiger charge is -2.17. The molecule has 0 fully saturated rings. The molecule has 1 aromatic heterocycles. The number of benzene rings is 1. The molecule has 0 aliphatic carbocycles. The van der Waals surface area contributed by atoms with Crippen LogP contribution in [0.5, 0.6) is 11.5 Å². The highest BCUT2D eigenvalue weighted by Crippen LogP contribution is 2.36. The average molecular weight is 261 g/mol. The first-order valence-corrected chi connectivity index (χ1v) is 6.26. The Morgan fingerprint density at radius 1 is 1.11 bits per heavy atom. The van der Waals surface area contributed by atoms with Crippen LogP contribution >= 0.6 is 0 Å². The molecule has 0 spiro atoms. The third-order valence-corrected chi connectivity index (χ3v) is 3.11. The molecule has 102 valence electrons. The maximum Gasteiger partial charge on any atom is 0.127 e. The second kappa shape index (κ2) is 5.80. The van der Waals surface area contributed by atoms with Crippen LogP contribution < -0.4 is 15.2 Å². The summed E-state index contributed by atoms with van der Waals surface area (Å²) >= 11 is 0. The molecule has 0 saturated carbocycles. The molecule has 1 unspecified atom stereocenters. The van der Waals surface area contributed by atoms with Crippen LogP contribution in [0.25, 0.3) is 0 Å². The van der Waals surface area contributed by atoms with E-state index in [-0.39, 0.29) is 0 Å². The van der Waals surface area contributed by atoms with Gasteiger partial charge in [-0.05, 0) is 24.3 Å². The molecule has 0 aliphatic heterocycles. The van der Waals surface area contributed by atoms with Gasteiger partial charge in [-0.15, -0.1) is 0 Å². The van der Waals surface area contributed by atoms with E-state index in [9.17, 15) is 0 Å². The van der Waals surface area contributed by atoms with Crippen molar-refractivity contribution in [3.8, 4) is 11.5 Å². The average Bonchev–Trinajstić information content (AvgIpc) is 2.94. The summed E-state index contributed by atoms with van der Waals surface area (Å²) in [5.74, 6) is 3.02. The molecular formula is C15H19NO3. The zero-order chi connectivity index (χ0) is 13.8. The number of methoxy groups -OCH3 is 2. The molecule has 4 heteroatoms. The summed E-state index contributed by atoms with van der Waals surface area (Å²) in [7, 11) is 3.23. The first-order valence-electron chi connectivity index (χ1n) is 6.26. The topological polar surface area (TPSA) is 57.6 Å². The minimum absolute atomic E-state index is 0.411. The Kier molecular flexibility index (Phi) is 4.12. The van der Waals surface area contributed by atoms with Crippen LogP contribution in [0.15, 0.2) is 34.7 Å². The van der Waals surface area contributed by atoms with Crippen LogP contribution in [0.2, 0.25) is 0 Å². The monoisotopic (exact) mass is 261 g/mol. The van der Waals surface area contributed by atoms with Crippen molar-refractivity contribution in [2.75, 3.05) is 14.2 Å². The van der Waals surface area contributed by atoms with Crippen molar-refractivity contribution in [1.82, 2.24) is 0 Å². The quantitative estimate of drug-likeness (QED) is 0.899. The molecule has 0 radical (unpaired) electrons. The van der Waals surface area contributed by atoms with Crippen LogP contribution in [-0.2, 0) is 6.42 Å². The summed E-state index contributed by atoms with van der Waals surface area (Å²) in [5.41, 5.74) is 7.08. The second-order valence-corrected chi connectivity index (χ2v) is 4.21. The lowest BCUT2D eigenvalue weighted by Crippen LogP contribution is -2.13. The van der Waals surface area contributed by atoms with Crippen molar-refractivity contribution >= 4 is 0 Å². The molecule has 1 atom stereocenters. The van der Waals surface area contributed by atoms with Crippen LogP contribution in [-0.4, -0.2) is 14.2 Å². The van der Waals surface area contributed by atoms with Gasteiger partial charge in [0.25, 0.3) is 0 Å². The maximum absolute atomic E-state index is 6.28. The van der Waals surface area contributed by atoms with Crippen molar-refractivity contribution in [1.29, 1.82) is 0 Å². The predicted octanol–water partition coefficient (Wildman–Crippen LogP) is 2.91. The zero-order valence-electron chi connectivity index (χ0n) is 11.5. The molecule has 2 N–H and O–H groups in total. The standard InChI is InChI=1S/C15H19NO3/c1-4-10-8-9-13(19-10)15(16)14-11(17-2)6-5-7-12(14)18-3/h5-9,15H,4,16H2,1-3H3. The SMILES string of the molecule is CCc1ccc(C(N)c2c(OC)cccc2OC)o1. The van der Waals surface area contributed by atoms with Crippen molar-refractivity contribution in [3.63, 3.8) is 0 Å². The van der Waals surface area contributed by atoms with E-state index in [1.165, 1.54) is 0 Å². The Labute approximate surface area is 113 Å². The smallest absolute Gasteiger partial charge is 0.127 e. The summed E-state index contributed by atoms with van der Waals surface area (Å²) in [6.07, 6.45) is 0.843. The summed E-state index contributed by atoms with van der Waals surface area (Å²) in [6.45, 7) is 2.04. The highest BCUT2D eigenvalue weighted by molar-refractivity contribution is 5.49. The third-order valence-electron chi connectivity index (χ3n) is 3.11. The largest absolute Gasteiger partial charge is 0.496 e. The lowest BCUT2D eigenvalue weighted by atomic mass is 10.0. The van der Waals surface area contributed by atoms with E-state index in [1.54, 1.807) is 14.2 Å². The molecule has 0 saturated heterocycles. The molecule has 4 nitrogen and oxygen atoms in total. The Morgan fingerprint density at radius 3 is 2.21 bits per heavy atom. The van der Waals surface area contributed by atoms with Crippen molar-refractivity contribution in [2.24, 2.45) is 5.73 Å². The van der Waals surface area contributed by atoms with E-state index < -0.39 is 6.04 Å². The third kappa shape index (κ3) is 2.58. The molecule has 1 heterocycles. The van der Waals surface area contributed by atoms with Crippen LogP contribution in [0, 0.1) is 0 Å². The summed E-state index contributed by atoms with van der Waals surface area (Å²) < 4.78 is 16.4. The molecule has 1 aromatic carbocycles. The Bertz CT molecular complexity index is 526. The van der Waals surface area contributed by atoms with E-state index in [1.807, 2.05) is 37.3 Å². The number of furan rings is 1. The van der Waals surface area contributed by atoms with Gasteiger partial charge < -0.3 is 19.6 Å². The Hall–Kier alpha value is -1.94. The van der Waals surface area contributed by atoms with Gasteiger partial charge in [-0.1, -0.05) is 13.0 Å². The highest BCUT2D eigenvalue weighted by Gasteiger charge is 2.21. The molecule has 19 heavy (non-hydrogen) atoms. The first kappa shape index (κ1) is 13.5. The van der Waals surface area contributed by atoms with Gasteiger partial charge >= 0.3 is 0 Å². The molecule has 0 amide bonds. The van der Waals surface area contributed by atoms with Gasteiger partial charge in [0, 0.05) is 6.42 Å². The summed E-state index contributed by atoms with van der Waals surface area (Å²) in [6, 6.07) is 9.02. The van der Waals surface area contributed by atoms with E-state index in [0.29, 0.717) is 17.3 Å². The van der Waals surface area contributed by atoms with Crippen molar-refractivity contribution in [3.05, 3.63) is 47.4 Å². The Balaban J connectivity index is 2.44. The minimum atomic E-state index is -0.411. The Morgan fingerprint density at radius 2 is 1.74 bits per heavy atom. The van der Waals surface area contributed by atoms with Gasteiger partial charge in [0.05, 0.1) is 25.8 Å². The number of hydrogen-bond acceptors (Lipinski definition) is 4. The van der Waals surface area contributed by atoms with Crippen LogP contribution in [0.1, 0.15) is 30.0 Å². The van der Waals surface area contributed by atoms with E-state index in [4.69, 9.17) is 19.6 Å². The second-order valence-electron chi connectivity index (χ2n) is 4.21. The van der Waals surface area contributed by atoms with Gasteiger partial charge in [0.1, 0.15) is 23.0 Å². The fraction of sp³-hybridized carbons (Fsp3) is 0.333. The number of aryl methyl sites for hydroxylation is 1. The fourth-order valence-electron chi connectivity index (χ4n) is 2.08. The lowest BCUT2D eigenvalue weighted by molar-refractivity contribution is 0.374. The van der Waals surface area contributed by atoms with Gasteiger partial charge in [-0.3, -0.25) is 0 Å². The molecule has 0 bridgehead atoms. The maximum atomic E-state index is 6.28. The summed E-state index contributed by atoms with van der Waals surface area (Å²) in [4.78, 5) is 0. The zero-order valence-corrected chi connectivity index (χ0v) is 11.5. The molecule has 0 aliphatic rings. The normalized spacial score (nSPS) is 12.2. The van der Waals surface area contributed by atoms with Crippen LogP contribution in [0.4, 0.5) is 0 Å². The number of hydrogen-bond donors (Lipinski definition) is 1. The number of nitrogens with two attached hydrogens (primary N) is 1. The molecular weight excluding hydrogens is 242 g/mol. The van der Waals surface area contributed by atoms with E-state index in [0.717, 1.165) is 17.7 Å². The van der Waals surface area contributed by atoms with Gasteiger partial charge in [-0.2, -0.15) is 0 Å². The van der Waals surface area contributed by atoms with Crippen molar-refractivity contribution < 1.29 is 13.9 Å². The number of ether oxygens (including phenoxy) is 2. The van der Waals surface area contributed by atoms with Crippen molar-refractivity contribution in [2.45, 2.75) is 19.4 Å². The predicted molar refractivity (Wildman–Crippen MR) is 73.7 cm³/mol. The minimum Gasteiger partial charge on any atom is -0.496 e. The number of rotatable bonds is 5. The fourth-order valence-corrected chi connectivity index (χ4v) is 2.08. The van der Waals surface area contributed by atoms with Gasteiger partial charge in [0.2, 0.25) is 0 Å². The summed E-state index contributed by atoms with van der Waals surface area (Å²) in [5, 5.41) is 0. The molecule has 2 aromatic rings. The molecule has 2 rings (SSSR count). The van der Waals surface area contributed by atoms with Crippen LogP contribution in [0.3, 0.4) is 0 Å². The van der Waals surface area contributed by atoms with E-state index in [2.05, 4.69) is 0 Å². The van der Waals surface area contributed by atoms with Gasteiger partial charge in [-0.25, -0.2) is 0 Å². The van der Waals surface area contributed by atoms with E-state index >= 15 is 0 Å². The first-order chi connectivity index (χ1) is 9.21. The van der Waals surface area contributed by atoms with Gasteiger partial charge in [0.15, 0.2) is 0 Å². The highest BCUT2D eigenvalue weighted by atomic mass is 16.5.